The largest absolute Gasteiger partial charge is 0.478 e. The number of carboxylic acids is 1. The van der Waals surface area contributed by atoms with E-state index in [0.717, 1.165) is 0 Å². The lowest BCUT2D eigenvalue weighted by Crippen LogP contribution is -2.08. The Labute approximate surface area is 118 Å². The number of hydrogen-bond donors (Lipinski definition) is 1. The minimum absolute atomic E-state index is 0.0368. The summed E-state index contributed by atoms with van der Waals surface area (Å²) in [5, 5.41) is 24.1. The Bertz CT molecular complexity index is 696. The minimum atomic E-state index is -1.09. The van der Waals surface area contributed by atoms with Gasteiger partial charge in [0.05, 0.1) is 33.9 Å². The molecule has 0 fully saturated rings. The summed E-state index contributed by atoms with van der Waals surface area (Å²) in [5.74, 6) is -1.09. The second-order valence-electron chi connectivity index (χ2n) is 4.10. The van der Waals surface area contributed by atoms with Crippen molar-refractivity contribution in [2.45, 2.75) is 13.5 Å². The third-order valence-corrected chi connectivity index (χ3v) is 3.29. The zero-order chi connectivity index (χ0) is 14.9. The van der Waals surface area contributed by atoms with Crippen molar-refractivity contribution in [3.8, 4) is 0 Å². The van der Waals surface area contributed by atoms with Crippen LogP contribution in [0.25, 0.3) is 0 Å². The fourth-order valence-electron chi connectivity index (χ4n) is 1.84. The van der Waals surface area contributed by atoms with Crippen molar-refractivity contribution < 1.29 is 14.8 Å². The van der Waals surface area contributed by atoms with Gasteiger partial charge in [-0.1, -0.05) is 17.7 Å². The van der Waals surface area contributed by atoms with Crippen LogP contribution in [0.15, 0.2) is 24.4 Å². The van der Waals surface area contributed by atoms with Crippen molar-refractivity contribution in [1.82, 2.24) is 9.78 Å². The predicted molar refractivity (Wildman–Crippen MR) is 71.1 cm³/mol. The second kappa shape index (κ2) is 5.30. The lowest BCUT2D eigenvalue weighted by Gasteiger charge is -2.07. The number of carboxylic acid groups (broad SMARTS) is 1. The second-order valence-corrected chi connectivity index (χ2v) is 4.51. The molecule has 104 valence electrons. The van der Waals surface area contributed by atoms with Gasteiger partial charge >= 0.3 is 5.97 Å². The number of hydrogen-bond acceptors (Lipinski definition) is 4. The van der Waals surface area contributed by atoms with Gasteiger partial charge in [0.1, 0.15) is 5.56 Å². The molecule has 20 heavy (non-hydrogen) atoms. The number of benzene rings is 1. The molecule has 2 rings (SSSR count). The lowest BCUT2D eigenvalue weighted by molar-refractivity contribution is -0.385. The number of halogens is 1. The van der Waals surface area contributed by atoms with E-state index in [4.69, 9.17) is 16.7 Å². The fraction of sp³-hybridized carbons (Fsp3) is 0.167. The average molecular weight is 296 g/mol. The molecule has 1 aromatic carbocycles. The minimum Gasteiger partial charge on any atom is -0.478 e. The van der Waals surface area contributed by atoms with E-state index >= 15 is 0 Å². The zero-order valence-corrected chi connectivity index (χ0v) is 11.2. The van der Waals surface area contributed by atoms with E-state index in [1.165, 1.54) is 23.0 Å². The third-order valence-electron chi connectivity index (χ3n) is 2.93. The van der Waals surface area contributed by atoms with Gasteiger partial charge in [0.25, 0.3) is 5.69 Å². The summed E-state index contributed by atoms with van der Waals surface area (Å²) in [7, 11) is 0. The van der Waals surface area contributed by atoms with E-state index in [1.807, 2.05) is 0 Å². The van der Waals surface area contributed by atoms with Crippen LogP contribution in [0.2, 0.25) is 5.02 Å². The SMILES string of the molecule is Cc1c(C(=O)O)cnn1Cc1c(Cl)cccc1[N+](=O)[O-]. The van der Waals surface area contributed by atoms with Crippen LogP contribution < -0.4 is 0 Å². The zero-order valence-electron chi connectivity index (χ0n) is 10.4. The monoisotopic (exact) mass is 295 g/mol. The van der Waals surface area contributed by atoms with Gasteiger partial charge < -0.3 is 5.11 Å². The summed E-state index contributed by atoms with van der Waals surface area (Å²) in [6.07, 6.45) is 1.21. The molecule has 0 aliphatic heterocycles. The van der Waals surface area contributed by atoms with Crippen molar-refractivity contribution in [3.05, 3.63) is 56.4 Å². The molecule has 1 N–H and O–H groups in total. The van der Waals surface area contributed by atoms with Crippen molar-refractivity contribution >= 4 is 23.3 Å². The molecule has 0 unspecified atom stereocenters. The maximum atomic E-state index is 11.0. The van der Waals surface area contributed by atoms with Crippen LogP contribution >= 0.6 is 11.6 Å². The third kappa shape index (κ3) is 2.48. The number of aromatic nitrogens is 2. The first-order valence-corrected chi connectivity index (χ1v) is 5.97. The van der Waals surface area contributed by atoms with Crippen LogP contribution in [-0.4, -0.2) is 25.8 Å². The molecular weight excluding hydrogens is 286 g/mol. The molecule has 0 amide bonds. The molecule has 0 saturated carbocycles. The molecule has 8 heteroatoms. The van der Waals surface area contributed by atoms with Crippen LogP contribution in [0.3, 0.4) is 0 Å². The standard InChI is InChI=1S/C12H10ClN3O4/c1-7-8(12(17)18)5-14-15(7)6-9-10(13)3-2-4-11(9)16(19)20/h2-5H,6H2,1H3,(H,17,18). The molecule has 0 aliphatic rings. The van der Waals surface area contributed by atoms with Crippen LogP contribution in [0.5, 0.6) is 0 Å². The van der Waals surface area contributed by atoms with Gasteiger partial charge in [-0.25, -0.2) is 4.79 Å². The number of nitrogens with zero attached hydrogens (tertiary/aromatic N) is 3. The van der Waals surface area contributed by atoms with Gasteiger partial charge in [-0.15, -0.1) is 0 Å². The summed E-state index contributed by atoms with van der Waals surface area (Å²) in [5.41, 5.74) is 0.637. The highest BCUT2D eigenvalue weighted by molar-refractivity contribution is 6.31. The van der Waals surface area contributed by atoms with Gasteiger partial charge in [-0.2, -0.15) is 5.10 Å². The summed E-state index contributed by atoms with van der Waals surface area (Å²) in [6.45, 7) is 1.62. The highest BCUT2D eigenvalue weighted by atomic mass is 35.5. The predicted octanol–water partition coefficient (Wildman–Crippen LogP) is 2.50. The lowest BCUT2D eigenvalue weighted by atomic mass is 10.1. The Kier molecular flexibility index (Phi) is 3.71. The molecule has 0 aliphatic carbocycles. The van der Waals surface area contributed by atoms with Crippen LogP contribution in [-0.2, 0) is 6.54 Å². The van der Waals surface area contributed by atoms with Gasteiger partial charge in [0, 0.05) is 6.07 Å². The molecule has 1 aromatic heterocycles. The summed E-state index contributed by atoms with van der Waals surface area (Å²) in [4.78, 5) is 21.4. The van der Waals surface area contributed by atoms with E-state index in [2.05, 4.69) is 5.10 Å². The Morgan fingerprint density at radius 3 is 2.80 bits per heavy atom. The smallest absolute Gasteiger partial charge is 0.339 e. The van der Waals surface area contributed by atoms with Crippen LogP contribution in [0.4, 0.5) is 5.69 Å². The first-order chi connectivity index (χ1) is 9.41. The number of carbonyl (C=O) groups is 1. The van der Waals surface area contributed by atoms with Crippen molar-refractivity contribution in [2.24, 2.45) is 0 Å². The van der Waals surface area contributed by atoms with E-state index in [1.54, 1.807) is 13.0 Å². The van der Waals surface area contributed by atoms with E-state index in [9.17, 15) is 14.9 Å². The highest BCUT2D eigenvalue weighted by Crippen LogP contribution is 2.27. The topological polar surface area (TPSA) is 98.3 Å². The number of nitro benzene ring substituents is 1. The van der Waals surface area contributed by atoms with Gasteiger partial charge in [0.2, 0.25) is 0 Å². The normalized spacial score (nSPS) is 10.5. The molecule has 1 heterocycles. The van der Waals surface area contributed by atoms with E-state index in [-0.39, 0.29) is 22.8 Å². The number of rotatable bonds is 4. The molecule has 2 aromatic rings. The van der Waals surface area contributed by atoms with E-state index < -0.39 is 10.9 Å². The molecule has 0 saturated heterocycles. The van der Waals surface area contributed by atoms with E-state index in [0.29, 0.717) is 11.3 Å². The Balaban J connectivity index is 2.45. The van der Waals surface area contributed by atoms with Gasteiger partial charge in [-0.05, 0) is 13.0 Å². The van der Waals surface area contributed by atoms with Crippen molar-refractivity contribution in [1.29, 1.82) is 0 Å². The van der Waals surface area contributed by atoms with Gasteiger partial charge in [0.15, 0.2) is 0 Å². The first-order valence-electron chi connectivity index (χ1n) is 5.59. The Hall–Kier alpha value is -2.41. The van der Waals surface area contributed by atoms with Crippen molar-refractivity contribution in [3.63, 3.8) is 0 Å². The molecule has 0 radical (unpaired) electrons. The maximum Gasteiger partial charge on any atom is 0.339 e. The maximum absolute atomic E-state index is 11.0. The van der Waals surface area contributed by atoms with Crippen LogP contribution in [0.1, 0.15) is 21.6 Å². The first kappa shape index (κ1) is 14.0. The molecule has 0 bridgehead atoms. The Morgan fingerprint density at radius 1 is 1.55 bits per heavy atom. The number of nitro groups is 1. The molecular formula is C12H10ClN3O4. The number of aromatic carboxylic acids is 1. The molecule has 0 spiro atoms. The molecule has 7 nitrogen and oxygen atoms in total. The quantitative estimate of drug-likeness (QED) is 0.690. The summed E-state index contributed by atoms with van der Waals surface area (Å²) < 4.78 is 1.37. The van der Waals surface area contributed by atoms with Gasteiger partial charge in [-0.3, -0.25) is 14.8 Å². The fourth-order valence-corrected chi connectivity index (χ4v) is 2.07. The Morgan fingerprint density at radius 2 is 2.25 bits per heavy atom. The van der Waals surface area contributed by atoms with Crippen molar-refractivity contribution in [2.75, 3.05) is 0 Å². The summed E-state index contributed by atoms with van der Waals surface area (Å²) in [6, 6.07) is 4.38. The average Bonchev–Trinajstić information content (AvgIpc) is 2.73. The highest BCUT2D eigenvalue weighted by Gasteiger charge is 2.19. The summed E-state index contributed by atoms with van der Waals surface area (Å²) >= 11 is 5.98. The molecule has 0 atom stereocenters. The van der Waals surface area contributed by atoms with Crippen LogP contribution in [0, 0.1) is 17.0 Å².